The molecule has 0 aliphatic heterocycles. The highest BCUT2D eigenvalue weighted by atomic mass is 19.4. The molecule has 2 aromatic carbocycles. The second-order valence-corrected chi connectivity index (χ2v) is 6.05. The minimum absolute atomic E-state index is 0.00634. The number of imidazole rings is 1. The van der Waals surface area contributed by atoms with E-state index in [2.05, 4.69) is 20.6 Å². The summed E-state index contributed by atoms with van der Waals surface area (Å²) in [4.78, 5) is 29.8. The Labute approximate surface area is 160 Å². The Morgan fingerprint density at radius 3 is 2.38 bits per heavy atom. The van der Waals surface area contributed by atoms with Crippen molar-refractivity contribution >= 4 is 34.2 Å². The summed E-state index contributed by atoms with van der Waals surface area (Å²) in [6, 6.07) is 6.34. The van der Waals surface area contributed by atoms with Crippen LogP contribution >= 0.6 is 0 Å². The number of hydrogen-bond acceptors (Lipinski definition) is 3. The van der Waals surface area contributed by atoms with Crippen LogP contribution in [0.15, 0.2) is 36.4 Å². The topological polar surface area (TPSA) is 86.9 Å². The monoisotopic (exact) mass is 412 g/mol. The van der Waals surface area contributed by atoms with Gasteiger partial charge in [0.1, 0.15) is 0 Å². The van der Waals surface area contributed by atoms with Gasteiger partial charge in [-0.25, -0.2) is 13.8 Å². The first-order valence-electron chi connectivity index (χ1n) is 8.12. The number of fused-ring (bicyclic) bond motifs is 1. The van der Waals surface area contributed by atoms with Crippen LogP contribution in [0.4, 0.5) is 33.3 Å². The van der Waals surface area contributed by atoms with Gasteiger partial charge in [-0.15, -0.1) is 0 Å². The normalized spacial score (nSPS) is 11.7. The number of carbonyl (C=O) groups excluding carboxylic acids is 2. The third kappa shape index (κ3) is 4.50. The van der Waals surface area contributed by atoms with Gasteiger partial charge >= 0.3 is 6.18 Å². The summed E-state index contributed by atoms with van der Waals surface area (Å²) in [5, 5.41) is 4.64. The fraction of sp³-hybridized carbons (Fsp3) is 0.167. The predicted molar refractivity (Wildman–Crippen MR) is 94.8 cm³/mol. The zero-order chi connectivity index (χ0) is 21.3. The Kier molecular flexibility index (Phi) is 5.23. The minimum Gasteiger partial charge on any atom is -0.337 e. The maximum atomic E-state index is 13.0. The van der Waals surface area contributed by atoms with E-state index in [0.717, 1.165) is 19.1 Å². The van der Waals surface area contributed by atoms with Crippen molar-refractivity contribution in [3.05, 3.63) is 53.3 Å². The van der Waals surface area contributed by atoms with Gasteiger partial charge in [-0.1, -0.05) is 0 Å². The standard InChI is InChI=1S/C18H13F5N4O2/c1-8(28)24-11-5-3-10(18(21,22)23)7-14(11)27-17(29)9-2-4-12-13(6-9)26-16(25-12)15(19)20/h2-7,15H,1H3,(H,24,28)(H,25,26)(H,27,29). The van der Waals surface area contributed by atoms with E-state index in [9.17, 15) is 31.5 Å². The number of aromatic amines is 1. The largest absolute Gasteiger partial charge is 0.416 e. The molecule has 0 radical (unpaired) electrons. The molecule has 152 valence electrons. The Hall–Kier alpha value is -3.50. The van der Waals surface area contributed by atoms with Crippen LogP contribution in [-0.4, -0.2) is 21.8 Å². The summed E-state index contributed by atoms with van der Waals surface area (Å²) in [6.45, 7) is 1.16. The first-order valence-corrected chi connectivity index (χ1v) is 8.12. The van der Waals surface area contributed by atoms with Gasteiger partial charge in [-0.05, 0) is 36.4 Å². The number of alkyl halides is 5. The summed E-state index contributed by atoms with van der Waals surface area (Å²) >= 11 is 0. The molecule has 11 heteroatoms. The number of nitrogens with one attached hydrogen (secondary N) is 3. The van der Waals surface area contributed by atoms with Crippen molar-refractivity contribution in [2.45, 2.75) is 19.5 Å². The van der Waals surface area contributed by atoms with Crippen LogP contribution in [-0.2, 0) is 11.0 Å². The molecule has 2 amide bonds. The molecule has 0 spiro atoms. The molecule has 3 N–H and O–H groups in total. The number of halogens is 5. The van der Waals surface area contributed by atoms with E-state index in [-0.39, 0.29) is 28.0 Å². The van der Waals surface area contributed by atoms with Crippen LogP contribution in [0.1, 0.15) is 35.1 Å². The number of H-pyrrole nitrogens is 1. The Bertz CT molecular complexity index is 1090. The Morgan fingerprint density at radius 2 is 1.76 bits per heavy atom. The maximum absolute atomic E-state index is 13.0. The number of anilines is 2. The molecule has 0 saturated heterocycles. The van der Waals surface area contributed by atoms with Crippen LogP contribution < -0.4 is 10.6 Å². The highest BCUT2D eigenvalue weighted by molar-refractivity contribution is 6.08. The fourth-order valence-electron chi connectivity index (χ4n) is 2.59. The van der Waals surface area contributed by atoms with E-state index < -0.39 is 35.8 Å². The van der Waals surface area contributed by atoms with E-state index in [4.69, 9.17) is 0 Å². The summed E-state index contributed by atoms with van der Waals surface area (Å²) in [5.41, 5.74) is -0.950. The zero-order valence-electron chi connectivity index (χ0n) is 14.7. The molecule has 0 aliphatic rings. The first-order chi connectivity index (χ1) is 13.5. The summed E-state index contributed by atoms with van der Waals surface area (Å²) in [7, 11) is 0. The highest BCUT2D eigenvalue weighted by Gasteiger charge is 2.31. The lowest BCUT2D eigenvalue weighted by Crippen LogP contribution is -2.16. The lowest BCUT2D eigenvalue weighted by atomic mass is 10.1. The van der Waals surface area contributed by atoms with Crippen molar-refractivity contribution in [3.63, 3.8) is 0 Å². The quantitative estimate of drug-likeness (QED) is 0.542. The SMILES string of the molecule is CC(=O)Nc1ccc(C(F)(F)F)cc1NC(=O)c1ccc2nc(C(F)F)[nH]c2c1. The number of rotatable bonds is 4. The number of amides is 2. The van der Waals surface area contributed by atoms with Crippen LogP contribution in [0.2, 0.25) is 0 Å². The molecule has 0 fully saturated rings. The van der Waals surface area contributed by atoms with E-state index in [1.54, 1.807) is 0 Å². The van der Waals surface area contributed by atoms with Crippen molar-refractivity contribution in [3.8, 4) is 0 Å². The molecular weight excluding hydrogens is 399 g/mol. The van der Waals surface area contributed by atoms with Crippen LogP contribution in [0.5, 0.6) is 0 Å². The van der Waals surface area contributed by atoms with E-state index in [1.165, 1.54) is 18.2 Å². The number of nitrogens with zero attached hydrogens (tertiary/aromatic N) is 1. The van der Waals surface area contributed by atoms with Crippen molar-refractivity contribution in [2.24, 2.45) is 0 Å². The third-order valence-electron chi connectivity index (χ3n) is 3.87. The van der Waals surface area contributed by atoms with Crippen molar-refractivity contribution in [2.75, 3.05) is 10.6 Å². The van der Waals surface area contributed by atoms with Crippen molar-refractivity contribution in [1.82, 2.24) is 9.97 Å². The lowest BCUT2D eigenvalue weighted by molar-refractivity contribution is -0.137. The van der Waals surface area contributed by atoms with Gasteiger partial charge in [-0.2, -0.15) is 13.2 Å². The highest BCUT2D eigenvalue weighted by Crippen LogP contribution is 2.34. The molecule has 0 bridgehead atoms. The summed E-state index contributed by atoms with van der Waals surface area (Å²) in [6.07, 6.45) is -7.49. The van der Waals surface area contributed by atoms with Crippen LogP contribution in [0, 0.1) is 0 Å². The van der Waals surface area contributed by atoms with E-state index in [1.807, 2.05) is 0 Å². The summed E-state index contributed by atoms with van der Waals surface area (Å²) in [5.74, 6) is -1.91. The van der Waals surface area contributed by atoms with Crippen LogP contribution in [0.3, 0.4) is 0 Å². The first kappa shape index (κ1) is 20.2. The Balaban J connectivity index is 1.94. The number of hydrogen-bond donors (Lipinski definition) is 3. The maximum Gasteiger partial charge on any atom is 0.416 e. The molecule has 29 heavy (non-hydrogen) atoms. The van der Waals surface area contributed by atoms with Crippen LogP contribution in [0.25, 0.3) is 11.0 Å². The average molecular weight is 412 g/mol. The lowest BCUT2D eigenvalue weighted by Gasteiger charge is -2.15. The molecule has 6 nitrogen and oxygen atoms in total. The molecule has 0 saturated carbocycles. The molecule has 1 aromatic heterocycles. The second kappa shape index (κ2) is 7.49. The molecule has 3 aromatic rings. The average Bonchev–Trinajstić information content (AvgIpc) is 3.05. The molecule has 0 unspecified atom stereocenters. The number of carbonyl (C=O) groups is 2. The van der Waals surface area contributed by atoms with Gasteiger partial charge in [-0.3, -0.25) is 9.59 Å². The van der Waals surface area contributed by atoms with Gasteiger partial charge in [0.2, 0.25) is 5.91 Å². The van der Waals surface area contributed by atoms with Gasteiger partial charge in [0.05, 0.1) is 28.0 Å². The molecule has 0 atom stereocenters. The van der Waals surface area contributed by atoms with E-state index >= 15 is 0 Å². The zero-order valence-corrected chi connectivity index (χ0v) is 14.7. The Morgan fingerprint density at radius 1 is 1.03 bits per heavy atom. The fourth-order valence-corrected chi connectivity index (χ4v) is 2.59. The van der Waals surface area contributed by atoms with Crippen molar-refractivity contribution in [1.29, 1.82) is 0 Å². The summed E-state index contributed by atoms with van der Waals surface area (Å²) < 4.78 is 64.4. The number of aromatic nitrogens is 2. The van der Waals surface area contributed by atoms with Gasteiger partial charge in [0.15, 0.2) is 5.82 Å². The van der Waals surface area contributed by atoms with Crippen molar-refractivity contribution < 1.29 is 31.5 Å². The predicted octanol–water partition coefficient (Wildman–Crippen LogP) is 4.73. The van der Waals surface area contributed by atoms with E-state index in [0.29, 0.717) is 6.07 Å². The molecule has 0 aliphatic carbocycles. The van der Waals surface area contributed by atoms with Gasteiger partial charge < -0.3 is 15.6 Å². The number of benzene rings is 2. The minimum atomic E-state index is -4.66. The third-order valence-corrected chi connectivity index (χ3v) is 3.87. The van der Waals surface area contributed by atoms with Gasteiger partial charge in [0, 0.05) is 12.5 Å². The van der Waals surface area contributed by atoms with Gasteiger partial charge in [0.25, 0.3) is 12.3 Å². The molecular formula is C18H13F5N4O2. The molecule has 1 heterocycles. The second-order valence-electron chi connectivity index (χ2n) is 6.05. The smallest absolute Gasteiger partial charge is 0.337 e. The molecule has 3 rings (SSSR count).